The van der Waals surface area contributed by atoms with Crippen LogP contribution in [0.15, 0.2) is 109 Å². The number of aromatic nitrogens is 1. The molecule has 0 atom stereocenters. The van der Waals surface area contributed by atoms with Crippen molar-refractivity contribution in [2.75, 3.05) is 0 Å². The molecule has 4 heteroatoms. The van der Waals surface area contributed by atoms with Crippen LogP contribution in [0, 0.1) is 12.0 Å². The van der Waals surface area contributed by atoms with Crippen LogP contribution in [0.3, 0.4) is 0 Å². The van der Waals surface area contributed by atoms with Crippen molar-refractivity contribution in [2.45, 2.75) is 53.4 Å². The molecule has 1 radical (unpaired) electrons. The molecule has 1 aromatic heterocycles. The fraction of sp³-hybridized carbons (Fsp3) is 0.220. The number of carbonyl (C=O) groups excluding carboxylic acids is 1. The maximum Gasteiger partial charge on any atom is 0.155 e. The third-order valence-electron chi connectivity index (χ3n) is 7.99. The number of aliphatic hydroxyl groups is 1. The smallest absolute Gasteiger partial charge is 0.155 e. The second kappa shape index (κ2) is 14.3. The van der Waals surface area contributed by atoms with E-state index in [0.717, 1.165) is 23.2 Å². The van der Waals surface area contributed by atoms with Crippen LogP contribution in [0.5, 0.6) is 0 Å². The Kier molecular flexibility index (Phi) is 10.8. The SMILES string of the molecule is CC(=O)/C=C(/C)O.CC(C)Cc1ccc2c(-c3[c-]c4c(c(-c5ccccc5)c3)C(C)(C)C(c3ccccc3)=C4)nccc2c1.[Ir]. The second-order valence-corrected chi connectivity index (χ2v) is 12.5. The summed E-state index contributed by atoms with van der Waals surface area (Å²) in [5.74, 6) is 0.568. The van der Waals surface area contributed by atoms with Crippen LogP contribution in [0.2, 0.25) is 0 Å². The monoisotopic (exact) mass is 771 g/mol. The molecule has 3 nitrogen and oxygen atoms in total. The summed E-state index contributed by atoms with van der Waals surface area (Å²) in [5, 5.41) is 10.8. The van der Waals surface area contributed by atoms with Gasteiger partial charge in [0.1, 0.15) is 0 Å². The molecule has 0 saturated carbocycles. The predicted octanol–water partition coefficient (Wildman–Crippen LogP) is 10.4. The zero-order valence-corrected chi connectivity index (χ0v) is 29.2. The maximum atomic E-state index is 10.0. The van der Waals surface area contributed by atoms with Crippen LogP contribution in [0.4, 0.5) is 0 Å². The Labute approximate surface area is 281 Å². The number of ketones is 1. The number of aliphatic hydroxyl groups excluding tert-OH is 1. The van der Waals surface area contributed by atoms with Crippen molar-refractivity contribution in [3.05, 3.63) is 137 Å². The average Bonchev–Trinajstić information content (AvgIpc) is 3.26. The molecule has 6 rings (SSSR count). The summed E-state index contributed by atoms with van der Waals surface area (Å²) >= 11 is 0. The Morgan fingerprint density at radius 1 is 0.911 bits per heavy atom. The number of benzene rings is 4. The van der Waals surface area contributed by atoms with E-state index in [1.165, 1.54) is 64.1 Å². The van der Waals surface area contributed by atoms with Crippen molar-refractivity contribution in [1.82, 2.24) is 4.98 Å². The molecule has 0 aliphatic heterocycles. The van der Waals surface area contributed by atoms with Gasteiger partial charge in [-0.05, 0) is 65.1 Å². The minimum Gasteiger partial charge on any atom is -0.512 e. The van der Waals surface area contributed by atoms with Gasteiger partial charge in [-0.3, -0.25) is 9.78 Å². The van der Waals surface area contributed by atoms with Crippen LogP contribution >= 0.6 is 0 Å². The average molecular weight is 771 g/mol. The van der Waals surface area contributed by atoms with Crippen molar-refractivity contribution in [2.24, 2.45) is 5.92 Å². The van der Waals surface area contributed by atoms with E-state index >= 15 is 0 Å². The van der Waals surface area contributed by atoms with E-state index in [9.17, 15) is 4.79 Å². The molecular weight excluding hydrogens is 731 g/mol. The number of carbonyl (C=O) groups is 1. The van der Waals surface area contributed by atoms with Gasteiger partial charge in [0.2, 0.25) is 0 Å². The first-order chi connectivity index (χ1) is 21.0. The Bertz CT molecular complexity index is 1870. The topological polar surface area (TPSA) is 50.2 Å². The number of fused-ring (bicyclic) bond motifs is 2. The molecule has 1 N–H and O–H groups in total. The molecular formula is C41H40IrNO2-. The Hall–Kier alpha value is -4.11. The Morgan fingerprint density at radius 2 is 1.56 bits per heavy atom. The molecule has 1 heterocycles. The van der Waals surface area contributed by atoms with Crippen molar-refractivity contribution in [1.29, 1.82) is 0 Å². The zero-order valence-electron chi connectivity index (χ0n) is 26.8. The largest absolute Gasteiger partial charge is 0.512 e. The first-order valence-electron chi connectivity index (χ1n) is 15.2. The van der Waals surface area contributed by atoms with Crippen LogP contribution in [0.1, 0.15) is 63.8 Å². The number of hydrogen-bond donors (Lipinski definition) is 1. The minimum absolute atomic E-state index is 0. The standard InChI is InChI=1S/C36H32N.C5H8O2.Ir/c1-24(2)19-25-15-16-31-28(20-25)17-18-37-35(31)30-21-29-23-33(27-13-9-6-10-14-27)36(3,4)34(29)32(22-30)26-11-7-5-8-12-26;1-4(6)3-5(2)7;/h5-18,20,22-24H,19H2,1-4H3;3,6H,1-2H3;/q-1;;/b;4-3-;. The van der Waals surface area contributed by atoms with E-state index in [2.05, 4.69) is 131 Å². The quantitative estimate of drug-likeness (QED) is 0.106. The molecule has 0 bridgehead atoms. The van der Waals surface area contributed by atoms with Gasteiger partial charge < -0.3 is 5.11 Å². The van der Waals surface area contributed by atoms with Crippen molar-refractivity contribution >= 4 is 28.2 Å². The number of allylic oxidation sites excluding steroid dienone is 3. The molecule has 0 fully saturated rings. The molecule has 1 aliphatic rings. The Morgan fingerprint density at radius 3 is 2.13 bits per heavy atom. The van der Waals surface area contributed by atoms with Crippen molar-refractivity contribution in [3.63, 3.8) is 0 Å². The molecule has 4 aromatic carbocycles. The summed E-state index contributed by atoms with van der Waals surface area (Å²) in [4.78, 5) is 14.9. The first-order valence-corrected chi connectivity index (χ1v) is 15.2. The van der Waals surface area contributed by atoms with E-state index < -0.39 is 0 Å². The summed E-state index contributed by atoms with van der Waals surface area (Å²) in [6.45, 7) is 12.1. The number of nitrogens with zero attached hydrogens (tertiary/aromatic N) is 1. The molecule has 0 unspecified atom stereocenters. The molecule has 0 amide bonds. The van der Waals surface area contributed by atoms with E-state index in [0.29, 0.717) is 5.92 Å². The normalized spacial score (nSPS) is 13.4. The zero-order chi connectivity index (χ0) is 31.4. The van der Waals surface area contributed by atoms with Gasteiger partial charge in [0.05, 0.1) is 5.76 Å². The van der Waals surface area contributed by atoms with Crippen LogP contribution in [0.25, 0.3) is 44.8 Å². The maximum absolute atomic E-state index is 10.0. The fourth-order valence-electron chi connectivity index (χ4n) is 6.22. The fourth-order valence-corrected chi connectivity index (χ4v) is 6.22. The van der Waals surface area contributed by atoms with Gasteiger partial charge in [0, 0.05) is 38.1 Å². The molecule has 45 heavy (non-hydrogen) atoms. The van der Waals surface area contributed by atoms with Crippen LogP contribution in [-0.2, 0) is 36.7 Å². The van der Waals surface area contributed by atoms with Gasteiger partial charge in [0.25, 0.3) is 0 Å². The Balaban J connectivity index is 0.000000519. The number of rotatable bonds is 6. The van der Waals surface area contributed by atoms with Gasteiger partial charge in [-0.2, -0.15) is 0 Å². The summed E-state index contributed by atoms with van der Waals surface area (Å²) in [5.41, 5.74) is 10.8. The second-order valence-electron chi connectivity index (χ2n) is 12.5. The van der Waals surface area contributed by atoms with Gasteiger partial charge in [-0.15, -0.1) is 23.8 Å². The third-order valence-corrected chi connectivity index (χ3v) is 7.99. The summed E-state index contributed by atoms with van der Waals surface area (Å²) in [6, 6.07) is 36.6. The third kappa shape index (κ3) is 7.59. The first kappa shape index (κ1) is 33.8. The predicted molar refractivity (Wildman–Crippen MR) is 184 cm³/mol. The van der Waals surface area contributed by atoms with E-state index in [4.69, 9.17) is 10.1 Å². The van der Waals surface area contributed by atoms with Crippen molar-refractivity contribution in [3.8, 4) is 22.4 Å². The minimum atomic E-state index is -0.144. The van der Waals surface area contributed by atoms with Gasteiger partial charge in [-0.25, -0.2) is 0 Å². The number of pyridine rings is 1. The summed E-state index contributed by atoms with van der Waals surface area (Å²) in [7, 11) is 0. The molecule has 5 aromatic rings. The summed E-state index contributed by atoms with van der Waals surface area (Å²) in [6.07, 6.45) is 6.53. The molecule has 0 saturated heterocycles. The van der Waals surface area contributed by atoms with Gasteiger partial charge in [0.15, 0.2) is 5.78 Å². The number of hydrogen-bond acceptors (Lipinski definition) is 3. The molecule has 0 spiro atoms. The molecule has 231 valence electrons. The van der Waals surface area contributed by atoms with E-state index in [-0.39, 0.29) is 37.1 Å². The molecule has 1 aliphatic carbocycles. The van der Waals surface area contributed by atoms with Gasteiger partial charge in [-0.1, -0.05) is 129 Å². The van der Waals surface area contributed by atoms with Crippen molar-refractivity contribution < 1.29 is 30.0 Å². The van der Waals surface area contributed by atoms with E-state index in [1.54, 1.807) is 0 Å². The van der Waals surface area contributed by atoms with E-state index in [1.807, 2.05) is 6.20 Å². The van der Waals surface area contributed by atoms with Gasteiger partial charge >= 0.3 is 0 Å². The summed E-state index contributed by atoms with van der Waals surface area (Å²) < 4.78 is 0. The van der Waals surface area contributed by atoms with Crippen LogP contribution in [-0.4, -0.2) is 15.9 Å². The van der Waals surface area contributed by atoms with Crippen LogP contribution < -0.4 is 0 Å².